The lowest BCUT2D eigenvalue weighted by Gasteiger charge is -2.46. The van der Waals surface area contributed by atoms with Crippen LogP contribution >= 0.6 is 0 Å². The van der Waals surface area contributed by atoms with Crippen molar-refractivity contribution in [2.45, 2.75) is 161 Å². The monoisotopic (exact) mass is 528 g/mol. The second-order valence-electron chi connectivity index (χ2n) is 13.4. The Morgan fingerprint density at radius 1 is 0.914 bits per heavy atom. The molecule has 0 aromatic carbocycles. The van der Waals surface area contributed by atoms with Gasteiger partial charge in [-0.1, -0.05) is 86.3 Å². The Kier molecular flexibility index (Phi) is 12.4. The van der Waals surface area contributed by atoms with E-state index in [0.29, 0.717) is 6.42 Å². The van der Waals surface area contributed by atoms with E-state index in [2.05, 4.69) is 74.7 Å². The van der Waals surface area contributed by atoms with Crippen molar-refractivity contribution in [2.75, 3.05) is 0 Å². The van der Waals surface area contributed by atoms with Crippen molar-refractivity contribution in [3.63, 3.8) is 0 Å². The molecule has 1 rings (SSSR count). The van der Waals surface area contributed by atoms with Crippen molar-refractivity contribution in [1.82, 2.24) is 0 Å². The smallest absolute Gasteiger partial charge is 0.306 e. The summed E-state index contributed by atoms with van der Waals surface area (Å²) in [6.07, 6.45) is 9.01. The highest BCUT2D eigenvalue weighted by molar-refractivity contribution is 6.74. The first-order valence-corrected chi connectivity index (χ1v) is 19.6. The number of aliphatic hydroxyl groups is 1. The summed E-state index contributed by atoms with van der Waals surface area (Å²) in [5.41, 5.74) is 0. The van der Waals surface area contributed by atoms with E-state index in [-0.39, 0.29) is 34.7 Å². The maximum atomic E-state index is 12.8. The molecule has 0 spiro atoms. The maximum absolute atomic E-state index is 12.8. The lowest BCUT2D eigenvalue weighted by Crippen LogP contribution is -2.55. The highest BCUT2D eigenvalue weighted by Gasteiger charge is 2.47. The molecule has 5 nitrogen and oxygen atoms in total. The fourth-order valence-electron chi connectivity index (χ4n) is 3.67. The molecule has 0 aromatic rings. The Labute approximate surface area is 218 Å². The van der Waals surface area contributed by atoms with Crippen molar-refractivity contribution in [3.8, 4) is 0 Å². The Morgan fingerprint density at radius 3 is 2.00 bits per heavy atom. The molecule has 0 aromatic heterocycles. The second-order valence-corrected chi connectivity index (χ2v) is 22.9. The molecule has 0 saturated heterocycles. The quantitative estimate of drug-likeness (QED) is 0.136. The Morgan fingerprint density at radius 2 is 1.46 bits per heavy atom. The van der Waals surface area contributed by atoms with Gasteiger partial charge in [0.2, 0.25) is 0 Å². The van der Waals surface area contributed by atoms with E-state index in [0.717, 1.165) is 19.3 Å². The predicted octanol–water partition coefficient (Wildman–Crippen LogP) is 7.75. The zero-order valence-electron chi connectivity index (χ0n) is 24.7. The molecule has 0 unspecified atom stereocenters. The zero-order valence-corrected chi connectivity index (χ0v) is 26.7. The van der Waals surface area contributed by atoms with E-state index >= 15 is 0 Å². The van der Waals surface area contributed by atoms with Crippen LogP contribution in [0.25, 0.3) is 0 Å². The number of ether oxygens (including phenoxy) is 1. The van der Waals surface area contributed by atoms with Gasteiger partial charge in [0.25, 0.3) is 0 Å². The van der Waals surface area contributed by atoms with E-state index in [4.69, 9.17) is 13.6 Å². The van der Waals surface area contributed by atoms with Crippen LogP contribution < -0.4 is 0 Å². The molecule has 0 saturated carbocycles. The van der Waals surface area contributed by atoms with Gasteiger partial charge in [-0.25, -0.2) is 0 Å². The first-order chi connectivity index (χ1) is 15.9. The molecule has 0 fully saturated rings. The number of carbonyl (C=O) groups excluding carboxylic acids is 1. The van der Waals surface area contributed by atoms with Crippen LogP contribution in [0.1, 0.15) is 99.8 Å². The number of unbranched alkanes of at least 4 members (excludes halogenated alkanes) is 4. The fraction of sp³-hybridized carbons (Fsp3) is 0.893. The summed E-state index contributed by atoms with van der Waals surface area (Å²) in [6, 6.07) is 0. The van der Waals surface area contributed by atoms with Crippen LogP contribution in [-0.2, 0) is 18.4 Å². The molecule has 0 aliphatic carbocycles. The Balaban J connectivity index is 3.48. The summed E-state index contributed by atoms with van der Waals surface area (Å²) >= 11 is 0. The summed E-state index contributed by atoms with van der Waals surface area (Å²) < 4.78 is 20.1. The third-order valence-electron chi connectivity index (χ3n) is 8.21. The van der Waals surface area contributed by atoms with Crippen LogP contribution in [0.2, 0.25) is 36.3 Å². The van der Waals surface area contributed by atoms with Crippen molar-refractivity contribution in [3.05, 3.63) is 12.2 Å². The molecule has 1 N–H and O–H groups in total. The Hall–Kier alpha value is -0.476. The summed E-state index contributed by atoms with van der Waals surface area (Å²) in [4.78, 5) is 12.8. The van der Waals surface area contributed by atoms with Gasteiger partial charge >= 0.3 is 5.97 Å². The molecule has 35 heavy (non-hydrogen) atoms. The van der Waals surface area contributed by atoms with Gasteiger partial charge < -0.3 is 18.7 Å². The molecule has 1 aliphatic rings. The van der Waals surface area contributed by atoms with Gasteiger partial charge in [-0.3, -0.25) is 4.79 Å². The normalized spacial score (nSPS) is 26.3. The molecular formula is C28H56O5Si2. The average molecular weight is 529 g/mol. The highest BCUT2D eigenvalue weighted by atomic mass is 28.4. The largest absolute Gasteiger partial charge is 0.460 e. The molecule has 7 heteroatoms. The van der Waals surface area contributed by atoms with Crippen LogP contribution in [0.4, 0.5) is 0 Å². The average Bonchev–Trinajstić information content (AvgIpc) is 2.70. The van der Waals surface area contributed by atoms with E-state index in [1.807, 2.05) is 6.08 Å². The van der Waals surface area contributed by atoms with Crippen LogP contribution in [0.5, 0.6) is 0 Å². The molecule has 4 atom stereocenters. The Bertz CT molecular complexity index is 676. The molecule has 1 heterocycles. The summed E-state index contributed by atoms with van der Waals surface area (Å²) in [7, 11) is -4.40. The minimum absolute atomic E-state index is 0.00273. The molecule has 0 radical (unpaired) electrons. The van der Waals surface area contributed by atoms with Crippen molar-refractivity contribution in [2.24, 2.45) is 0 Å². The molecular weight excluding hydrogens is 472 g/mol. The fourth-order valence-corrected chi connectivity index (χ4v) is 6.24. The minimum atomic E-state index is -2.22. The van der Waals surface area contributed by atoms with Crippen molar-refractivity contribution >= 4 is 22.6 Å². The number of hydrogen-bond acceptors (Lipinski definition) is 5. The van der Waals surface area contributed by atoms with Gasteiger partial charge in [-0.2, -0.15) is 0 Å². The summed E-state index contributed by atoms with van der Waals surface area (Å²) in [5, 5.41) is 10.5. The van der Waals surface area contributed by atoms with Gasteiger partial charge in [-0.15, -0.1) is 0 Å². The molecule has 0 amide bonds. The molecule has 1 aliphatic heterocycles. The summed E-state index contributed by atoms with van der Waals surface area (Å²) in [5.74, 6) is -0.257. The number of hydrogen-bond donors (Lipinski definition) is 1. The zero-order chi connectivity index (χ0) is 27.1. The topological polar surface area (TPSA) is 65.0 Å². The lowest BCUT2D eigenvalue weighted by molar-refractivity contribution is -0.158. The number of aliphatic hydroxyl groups excluding tert-OH is 1. The number of esters is 1. The van der Waals surface area contributed by atoms with Crippen molar-refractivity contribution in [1.29, 1.82) is 0 Å². The summed E-state index contributed by atoms with van der Waals surface area (Å²) in [6.45, 7) is 24.6. The number of cyclic esters (lactones) is 1. The van der Waals surface area contributed by atoms with Gasteiger partial charge in [0, 0.05) is 6.42 Å². The van der Waals surface area contributed by atoms with Crippen LogP contribution in [0.15, 0.2) is 12.2 Å². The number of carbonyl (C=O) groups is 1. The van der Waals surface area contributed by atoms with Crippen LogP contribution in [0.3, 0.4) is 0 Å². The third-order valence-corrected chi connectivity index (χ3v) is 17.2. The third kappa shape index (κ3) is 10.4. The van der Waals surface area contributed by atoms with E-state index in [1.54, 1.807) is 6.08 Å². The van der Waals surface area contributed by atoms with E-state index in [9.17, 15) is 9.90 Å². The van der Waals surface area contributed by atoms with Crippen LogP contribution in [-0.4, -0.2) is 52.1 Å². The van der Waals surface area contributed by atoms with E-state index in [1.165, 1.54) is 19.3 Å². The highest BCUT2D eigenvalue weighted by Crippen LogP contribution is 2.42. The van der Waals surface area contributed by atoms with Crippen LogP contribution in [0, 0.1) is 0 Å². The van der Waals surface area contributed by atoms with Crippen molar-refractivity contribution < 1.29 is 23.5 Å². The maximum Gasteiger partial charge on any atom is 0.306 e. The minimum Gasteiger partial charge on any atom is -0.460 e. The SMILES string of the molecule is CCCCCCC[C@H]1OC(=O)CC[C@H](O)/C=C/[C@H](O[Si](C)(C)C(C)(C)C)[C@@H]1O[Si](C)(C)C(C)(C)C. The first-order valence-electron chi connectivity index (χ1n) is 13.8. The van der Waals surface area contributed by atoms with Gasteiger partial charge in [0.15, 0.2) is 16.6 Å². The lowest BCUT2D eigenvalue weighted by atomic mass is 9.99. The standard InChI is InChI=1S/C28H56O5Si2/c1-12-13-14-15-16-17-23-26(33-35(10,11)28(5,6)7)24(32-34(8,9)27(2,3)4)20-18-22(29)19-21-25(30)31-23/h18,20,22-24,26,29H,12-17,19,21H2,1-11H3/b20-18+/t22-,23-,24+,26-/m1/s1. The van der Waals surface area contributed by atoms with Gasteiger partial charge in [0.1, 0.15) is 12.2 Å². The molecule has 206 valence electrons. The molecule has 0 bridgehead atoms. The van der Waals surface area contributed by atoms with E-state index < -0.39 is 28.8 Å². The first kappa shape index (κ1) is 32.6. The van der Waals surface area contributed by atoms with Gasteiger partial charge in [-0.05, 0) is 55.5 Å². The second kappa shape index (κ2) is 13.4. The van der Waals surface area contributed by atoms with Gasteiger partial charge in [0.05, 0.1) is 12.2 Å². The predicted molar refractivity (Wildman–Crippen MR) is 152 cm³/mol. The number of rotatable bonds is 10.